The second kappa shape index (κ2) is 5.45. The minimum atomic E-state index is -0.873. The Hall–Kier alpha value is -1.77. The normalized spacial score (nSPS) is 22.8. The van der Waals surface area contributed by atoms with Gasteiger partial charge in [0.15, 0.2) is 0 Å². The van der Waals surface area contributed by atoms with Gasteiger partial charge in [-0.1, -0.05) is 59.6 Å². The maximum absolute atomic E-state index is 12.2. The summed E-state index contributed by atoms with van der Waals surface area (Å²) in [4.78, 5) is 12.2. The molecule has 0 aromatic heterocycles. The number of carbonyl (C=O) groups is 1. The molecule has 0 aliphatic carbocycles. The van der Waals surface area contributed by atoms with Crippen LogP contribution in [0.5, 0.6) is 0 Å². The van der Waals surface area contributed by atoms with Crippen molar-refractivity contribution in [3.8, 4) is 0 Å². The van der Waals surface area contributed by atoms with E-state index in [1.807, 2.05) is 56.3 Å². The lowest BCUT2D eigenvalue weighted by molar-refractivity contribution is -0.159. The van der Waals surface area contributed by atoms with E-state index in [0.717, 1.165) is 16.7 Å². The molecule has 2 aromatic rings. The Labute approximate surface area is 139 Å². The van der Waals surface area contributed by atoms with Crippen molar-refractivity contribution >= 4 is 34.7 Å². The highest BCUT2D eigenvalue weighted by molar-refractivity contribution is 6.33. The third-order valence-electron chi connectivity index (χ3n) is 4.09. The van der Waals surface area contributed by atoms with Gasteiger partial charge in [0.25, 0.3) is 0 Å². The summed E-state index contributed by atoms with van der Waals surface area (Å²) in [5.41, 5.74) is 1.56. The lowest BCUT2D eigenvalue weighted by Crippen LogP contribution is -2.48. The first kappa shape index (κ1) is 15.1. The van der Waals surface area contributed by atoms with Gasteiger partial charge in [0.2, 0.25) is 0 Å². The van der Waals surface area contributed by atoms with E-state index in [1.165, 1.54) is 0 Å². The fraction of sp³-hybridized carbons (Fsp3) is 0.167. The summed E-state index contributed by atoms with van der Waals surface area (Å²) in [5, 5.41) is 1.17. The Kier molecular flexibility index (Phi) is 3.75. The summed E-state index contributed by atoms with van der Waals surface area (Å²) in [6.45, 7) is 3.73. The molecule has 0 amide bonds. The Balaban J connectivity index is 2.17. The van der Waals surface area contributed by atoms with E-state index in [9.17, 15) is 4.79 Å². The van der Waals surface area contributed by atoms with Crippen molar-refractivity contribution in [3.63, 3.8) is 0 Å². The SMILES string of the molecule is C/C(=C1/OC(=O)[C@@]1(C)c1ccccc1Cl)c1ccccc1Cl. The molecule has 0 bridgehead atoms. The molecular formula is C18H14Cl2O2. The number of halogens is 2. The third kappa shape index (κ3) is 2.15. The van der Waals surface area contributed by atoms with Crippen LogP contribution in [-0.2, 0) is 14.9 Å². The Morgan fingerprint density at radius 1 is 1.00 bits per heavy atom. The molecule has 1 heterocycles. The fourth-order valence-electron chi connectivity index (χ4n) is 2.78. The standard InChI is InChI=1S/C18H14Cl2O2/c1-11(12-7-3-5-9-14(12)19)16-18(2,17(21)22-16)13-8-4-6-10-15(13)20/h3-10H,1-2H3/b16-11-/t18-/m0/s1. The molecule has 22 heavy (non-hydrogen) atoms. The van der Waals surface area contributed by atoms with Crippen molar-refractivity contribution in [2.75, 3.05) is 0 Å². The number of hydrogen-bond acceptors (Lipinski definition) is 2. The highest BCUT2D eigenvalue weighted by Gasteiger charge is 2.54. The topological polar surface area (TPSA) is 26.3 Å². The van der Waals surface area contributed by atoms with Gasteiger partial charge in [-0.3, -0.25) is 4.79 Å². The third-order valence-corrected chi connectivity index (χ3v) is 4.75. The number of hydrogen-bond donors (Lipinski definition) is 0. The molecule has 0 N–H and O–H groups in total. The summed E-state index contributed by atoms with van der Waals surface area (Å²) < 4.78 is 5.36. The van der Waals surface area contributed by atoms with Gasteiger partial charge in [0, 0.05) is 10.0 Å². The Morgan fingerprint density at radius 3 is 2.18 bits per heavy atom. The van der Waals surface area contributed by atoms with Crippen LogP contribution in [0.15, 0.2) is 54.3 Å². The highest BCUT2D eigenvalue weighted by Crippen LogP contribution is 2.48. The van der Waals surface area contributed by atoms with E-state index < -0.39 is 5.41 Å². The van der Waals surface area contributed by atoms with Crippen LogP contribution < -0.4 is 0 Å². The van der Waals surface area contributed by atoms with Crippen molar-refractivity contribution in [1.29, 1.82) is 0 Å². The molecule has 0 spiro atoms. The second-order valence-electron chi connectivity index (χ2n) is 5.43. The number of esters is 1. The van der Waals surface area contributed by atoms with Crippen molar-refractivity contribution in [2.45, 2.75) is 19.3 Å². The van der Waals surface area contributed by atoms with Gasteiger partial charge in [0.05, 0.1) is 0 Å². The highest BCUT2D eigenvalue weighted by atomic mass is 35.5. The minimum Gasteiger partial charge on any atom is -0.428 e. The van der Waals surface area contributed by atoms with Crippen molar-refractivity contribution in [3.05, 3.63) is 75.5 Å². The van der Waals surface area contributed by atoms with E-state index >= 15 is 0 Å². The zero-order chi connectivity index (χ0) is 15.9. The molecule has 1 atom stereocenters. The quantitative estimate of drug-likeness (QED) is 0.703. The lowest BCUT2D eigenvalue weighted by atomic mass is 9.74. The van der Waals surface area contributed by atoms with Crippen LogP contribution in [0.1, 0.15) is 25.0 Å². The van der Waals surface area contributed by atoms with Crippen LogP contribution in [0, 0.1) is 0 Å². The first-order valence-corrected chi connectivity index (χ1v) is 7.65. The first-order chi connectivity index (χ1) is 10.5. The maximum Gasteiger partial charge on any atom is 0.329 e. The molecule has 3 rings (SSSR count). The first-order valence-electron chi connectivity index (χ1n) is 6.90. The molecule has 2 aromatic carbocycles. The summed E-state index contributed by atoms with van der Waals surface area (Å²) in [6.07, 6.45) is 0. The van der Waals surface area contributed by atoms with E-state index in [1.54, 1.807) is 6.07 Å². The van der Waals surface area contributed by atoms with Crippen LogP contribution in [-0.4, -0.2) is 5.97 Å². The molecule has 4 heteroatoms. The van der Waals surface area contributed by atoms with Crippen LogP contribution in [0.4, 0.5) is 0 Å². The molecule has 1 fully saturated rings. The molecule has 2 nitrogen and oxygen atoms in total. The number of carbonyl (C=O) groups excluding carboxylic acids is 1. The monoisotopic (exact) mass is 332 g/mol. The summed E-state index contributed by atoms with van der Waals surface area (Å²) in [7, 11) is 0. The number of rotatable bonds is 2. The summed E-state index contributed by atoms with van der Waals surface area (Å²) in [6, 6.07) is 14.8. The van der Waals surface area contributed by atoms with Gasteiger partial charge in [0.1, 0.15) is 11.2 Å². The average molecular weight is 333 g/mol. The maximum atomic E-state index is 12.2. The summed E-state index contributed by atoms with van der Waals surface area (Å²) in [5.74, 6) is 0.292. The van der Waals surface area contributed by atoms with Gasteiger partial charge in [-0.25, -0.2) is 0 Å². The van der Waals surface area contributed by atoms with Crippen molar-refractivity contribution < 1.29 is 9.53 Å². The van der Waals surface area contributed by atoms with Gasteiger partial charge in [-0.2, -0.15) is 0 Å². The van der Waals surface area contributed by atoms with Crippen LogP contribution in [0.2, 0.25) is 10.0 Å². The fourth-order valence-corrected chi connectivity index (χ4v) is 3.38. The van der Waals surface area contributed by atoms with Gasteiger partial charge >= 0.3 is 5.97 Å². The van der Waals surface area contributed by atoms with Gasteiger partial charge < -0.3 is 4.74 Å². The minimum absolute atomic E-state index is 0.304. The molecule has 0 unspecified atom stereocenters. The predicted octanol–water partition coefficient (Wildman–Crippen LogP) is 5.24. The molecule has 0 radical (unpaired) electrons. The zero-order valence-corrected chi connectivity index (χ0v) is 13.7. The smallest absolute Gasteiger partial charge is 0.329 e. The molecule has 1 aliphatic rings. The molecule has 1 saturated heterocycles. The van der Waals surface area contributed by atoms with Crippen LogP contribution >= 0.6 is 23.2 Å². The lowest BCUT2D eigenvalue weighted by Gasteiger charge is -2.40. The average Bonchev–Trinajstić information content (AvgIpc) is 2.52. The Bertz CT molecular complexity index is 795. The van der Waals surface area contributed by atoms with Crippen molar-refractivity contribution in [2.24, 2.45) is 0 Å². The van der Waals surface area contributed by atoms with Crippen LogP contribution in [0.25, 0.3) is 5.57 Å². The van der Waals surface area contributed by atoms with Gasteiger partial charge in [-0.15, -0.1) is 0 Å². The van der Waals surface area contributed by atoms with E-state index in [-0.39, 0.29) is 5.97 Å². The predicted molar refractivity (Wildman–Crippen MR) is 88.9 cm³/mol. The number of cyclic esters (lactones) is 1. The number of benzene rings is 2. The van der Waals surface area contributed by atoms with Crippen LogP contribution in [0.3, 0.4) is 0 Å². The number of allylic oxidation sites excluding steroid dienone is 1. The van der Waals surface area contributed by atoms with E-state index in [0.29, 0.717) is 15.8 Å². The molecular weight excluding hydrogens is 319 g/mol. The molecule has 1 aliphatic heterocycles. The molecule has 112 valence electrons. The van der Waals surface area contributed by atoms with Gasteiger partial charge in [-0.05, 0) is 42.7 Å². The van der Waals surface area contributed by atoms with Crippen molar-refractivity contribution in [1.82, 2.24) is 0 Å². The zero-order valence-electron chi connectivity index (χ0n) is 12.2. The Morgan fingerprint density at radius 2 is 1.59 bits per heavy atom. The summed E-state index contributed by atoms with van der Waals surface area (Å²) >= 11 is 12.5. The largest absolute Gasteiger partial charge is 0.428 e. The molecule has 0 saturated carbocycles. The number of ether oxygens (including phenoxy) is 1. The van der Waals surface area contributed by atoms with E-state index in [2.05, 4.69) is 0 Å². The second-order valence-corrected chi connectivity index (χ2v) is 6.24. The van der Waals surface area contributed by atoms with E-state index in [4.69, 9.17) is 27.9 Å².